The van der Waals surface area contributed by atoms with Crippen LogP contribution in [-0.4, -0.2) is 19.6 Å². The van der Waals surface area contributed by atoms with Gasteiger partial charge in [-0.25, -0.2) is 4.79 Å². The van der Waals surface area contributed by atoms with Gasteiger partial charge in [0, 0.05) is 0 Å². The van der Waals surface area contributed by atoms with Crippen molar-refractivity contribution in [2.45, 2.75) is 33.2 Å². The lowest BCUT2D eigenvalue weighted by atomic mass is 10.0. The van der Waals surface area contributed by atoms with Crippen molar-refractivity contribution >= 4 is 5.97 Å². The van der Waals surface area contributed by atoms with Crippen LogP contribution in [0.2, 0.25) is 0 Å². The van der Waals surface area contributed by atoms with Crippen molar-refractivity contribution < 1.29 is 13.9 Å². The van der Waals surface area contributed by atoms with Gasteiger partial charge in [-0.3, -0.25) is 0 Å². The minimum Gasteiger partial charge on any atom is -0.463 e. The summed E-state index contributed by atoms with van der Waals surface area (Å²) in [6.45, 7) is 6.00. The van der Waals surface area contributed by atoms with Gasteiger partial charge < -0.3 is 14.5 Å². The van der Waals surface area contributed by atoms with Gasteiger partial charge >= 0.3 is 5.97 Å². The molecule has 1 aromatic heterocycles. The molecule has 0 amide bonds. The Morgan fingerprint density at radius 1 is 1.41 bits per heavy atom. The van der Waals surface area contributed by atoms with Gasteiger partial charge in [-0.05, 0) is 24.6 Å². The van der Waals surface area contributed by atoms with E-state index in [0.717, 1.165) is 12.3 Å². The fraction of sp³-hybridized carbons (Fsp3) is 0.615. The Morgan fingerprint density at radius 3 is 2.71 bits per heavy atom. The van der Waals surface area contributed by atoms with Gasteiger partial charge in [0.15, 0.2) is 0 Å². The maximum Gasteiger partial charge on any atom is 0.373 e. The lowest BCUT2D eigenvalue weighted by Gasteiger charge is -2.12. The van der Waals surface area contributed by atoms with Gasteiger partial charge in [-0.15, -0.1) is 0 Å². The zero-order valence-electron chi connectivity index (χ0n) is 10.8. The number of carbonyl (C=O) groups is 1. The lowest BCUT2D eigenvalue weighted by molar-refractivity contribution is 0.0563. The Hall–Kier alpha value is -1.29. The molecule has 0 radical (unpaired) electrons. The summed E-state index contributed by atoms with van der Waals surface area (Å²) in [6, 6.07) is 3.44. The van der Waals surface area contributed by atoms with Crippen LogP contribution in [0.25, 0.3) is 0 Å². The Labute approximate surface area is 102 Å². The Balaban J connectivity index is 2.37. The highest BCUT2D eigenvalue weighted by molar-refractivity contribution is 5.86. The zero-order chi connectivity index (χ0) is 12.7. The van der Waals surface area contributed by atoms with Gasteiger partial charge in [0.2, 0.25) is 5.76 Å². The van der Waals surface area contributed by atoms with Gasteiger partial charge in [-0.2, -0.15) is 0 Å². The number of methoxy groups -OCH3 is 1. The lowest BCUT2D eigenvalue weighted by Crippen LogP contribution is -2.21. The first-order valence-corrected chi connectivity index (χ1v) is 6.09. The summed E-state index contributed by atoms with van der Waals surface area (Å²) in [5, 5.41) is 3.33. The van der Waals surface area contributed by atoms with Crippen molar-refractivity contribution in [3.63, 3.8) is 0 Å². The maximum absolute atomic E-state index is 11.2. The van der Waals surface area contributed by atoms with E-state index in [1.807, 2.05) is 0 Å². The fourth-order valence-electron chi connectivity index (χ4n) is 1.66. The van der Waals surface area contributed by atoms with Crippen LogP contribution in [0.3, 0.4) is 0 Å². The second-order valence-corrected chi connectivity index (χ2v) is 4.07. The molecule has 0 aromatic carbocycles. The van der Waals surface area contributed by atoms with Crippen molar-refractivity contribution in [1.29, 1.82) is 0 Å². The Bertz CT molecular complexity index is 342. The normalized spacial score (nSPS) is 10.8. The molecule has 1 heterocycles. The quantitative estimate of drug-likeness (QED) is 0.743. The van der Waals surface area contributed by atoms with Gasteiger partial charge in [-0.1, -0.05) is 26.7 Å². The number of carbonyl (C=O) groups excluding carboxylic acids is 1. The molecule has 0 atom stereocenters. The number of rotatable bonds is 7. The molecule has 0 saturated carbocycles. The van der Waals surface area contributed by atoms with Gasteiger partial charge in [0.05, 0.1) is 13.7 Å². The molecule has 0 aliphatic rings. The SMILES string of the molecule is CCC(CC)CNCc1ccc(C(=O)OC)o1. The number of hydrogen-bond donors (Lipinski definition) is 1. The van der Waals surface area contributed by atoms with E-state index in [4.69, 9.17) is 4.42 Å². The highest BCUT2D eigenvalue weighted by Gasteiger charge is 2.11. The van der Waals surface area contributed by atoms with Crippen LogP contribution in [-0.2, 0) is 11.3 Å². The largest absolute Gasteiger partial charge is 0.463 e. The van der Waals surface area contributed by atoms with Crippen molar-refractivity contribution in [2.24, 2.45) is 5.92 Å². The molecule has 1 N–H and O–H groups in total. The van der Waals surface area contributed by atoms with E-state index in [-0.39, 0.29) is 5.76 Å². The molecule has 0 fully saturated rings. The fourth-order valence-corrected chi connectivity index (χ4v) is 1.66. The van der Waals surface area contributed by atoms with Crippen LogP contribution in [0.5, 0.6) is 0 Å². The van der Waals surface area contributed by atoms with E-state index in [2.05, 4.69) is 23.9 Å². The number of hydrogen-bond acceptors (Lipinski definition) is 4. The van der Waals surface area contributed by atoms with Crippen LogP contribution >= 0.6 is 0 Å². The summed E-state index contributed by atoms with van der Waals surface area (Å²) in [5.74, 6) is 1.28. The van der Waals surface area contributed by atoms with Crippen molar-refractivity contribution in [3.8, 4) is 0 Å². The van der Waals surface area contributed by atoms with Crippen LogP contribution < -0.4 is 5.32 Å². The van der Waals surface area contributed by atoms with Gasteiger partial charge in [0.25, 0.3) is 0 Å². The summed E-state index contributed by atoms with van der Waals surface area (Å²) in [5.41, 5.74) is 0. The molecule has 0 aliphatic carbocycles. The predicted octanol–water partition coefficient (Wildman–Crippen LogP) is 2.59. The summed E-state index contributed by atoms with van der Waals surface area (Å²) in [4.78, 5) is 11.2. The molecule has 1 rings (SSSR count). The molecule has 4 nitrogen and oxygen atoms in total. The van der Waals surface area contributed by atoms with Crippen molar-refractivity contribution in [1.82, 2.24) is 5.32 Å². The second-order valence-electron chi connectivity index (χ2n) is 4.07. The third-order valence-corrected chi connectivity index (χ3v) is 2.94. The van der Waals surface area contributed by atoms with E-state index in [1.165, 1.54) is 20.0 Å². The van der Waals surface area contributed by atoms with E-state index < -0.39 is 5.97 Å². The minimum absolute atomic E-state index is 0.256. The monoisotopic (exact) mass is 239 g/mol. The molecular formula is C13H21NO3. The standard InChI is InChI=1S/C13H21NO3/c1-4-10(5-2)8-14-9-11-6-7-12(17-11)13(15)16-3/h6-7,10,14H,4-5,8-9H2,1-3H3. The first-order chi connectivity index (χ1) is 8.21. The molecule has 17 heavy (non-hydrogen) atoms. The molecule has 0 unspecified atom stereocenters. The molecule has 96 valence electrons. The number of ether oxygens (including phenoxy) is 1. The average Bonchev–Trinajstić information content (AvgIpc) is 2.82. The highest BCUT2D eigenvalue weighted by atomic mass is 16.5. The first-order valence-electron chi connectivity index (χ1n) is 6.09. The van der Waals surface area contributed by atoms with Crippen molar-refractivity contribution in [2.75, 3.05) is 13.7 Å². The Kier molecular flexibility index (Phi) is 5.77. The van der Waals surface area contributed by atoms with E-state index >= 15 is 0 Å². The minimum atomic E-state index is -0.434. The highest BCUT2D eigenvalue weighted by Crippen LogP contribution is 2.10. The third kappa shape index (κ3) is 4.23. The summed E-state index contributed by atoms with van der Waals surface area (Å²) >= 11 is 0. The molecular weight excluding hydrogens is 218 g/mol. The van der Waals surface area contributed by atoms with Gasteiger partial charge in [0.1, 0.15) is 5.76 Å². The molecule has 4 heteroatoms. The topological polar surface area (TPSA) is 51.5 Å². The summed E-state index contributed by atoms with van der Waals surface area (Å²) in [7, 11) is 1.34. The van der Waals surface area contributed by atoms with E-state index in [1.54, 1.807) is 12.1 Å². The smallest absolute Gasteiger partial charge is 0.373 e. The molecule has 0 spiro atoms. The average molecular weight is 239 g/mol. The van der Waals surface area contributed by atoms with E-state index in [9.17, 15) is 4.79 Å². The predicted molar refractivity (Wildman–Crippen MR) is 65.8 cm³/mol. The summed E-state index contributed by atoms with van der Waals surface area (Å²) in [6.07, 6.45) is 2.35. The number of nitrogens with one attached hydrogen (secondary N) is 1. The second kappa shape index (κ2) is 7.12. The van der Waals surface area contributed by atoms with Crippen LogP contribution in [0, 0.1) is 5.92 Å². The Morgan fingerprint density at radius 2 is 2.12 bits per heavy atom. The first kappa shape index (κ1) is 13.8. The van der Waals surface area contributed by atoms with Crippen LogP contribution in [0.15, 0.2) is 16.5 Å². The molecule has 0 saturated heterocycles. The number of esters is 1. The maximum atomic E-state index is 11.2. The number of furan rings is 1. The molecule has 0 bridgehead atoms. The summed E-state index contributed by atoms with van der Waals surface area (Å²) < 4.78 is 9.92. The third-order valence-electron chi connectivity index (χ3n) is 2.94. The van der Waals surface area contributed by atoms with Crippen LogP contribution in [0.4, 0.5) is 0 Å². The van der Waals surface area contributed by atoms with E-state index in [0.29, 0.717) is 12.5 Å². The molecule has 0 aliphatic heterocycles. The zero-order valence-corrected chi connectivity index (χ0v) is 10.8. The van der Waals surface area contributed by atoms with Crippen LogP contribution in [0.1, 0.15) is 43.0 Å². The van der Waals surface area contributed by atoms with Crippen molar-refractivity contribution in [3.05, 3.63) is 23.7 Å². The molecule has 1 aromatic rings.